The summed E-state index contributed by atoms with van der Waals surface area (Å²) in [6.45, 7) is 2.93. The fourth-order valence-electron chi connectivity index (χ4n) is 2.71. The van der Waals surface area contributed by atoms with Crippen LogP contribution in [0.4, 0.5) is 5.69 Å². The third-order valence-corrected chi connectivity index (χ3v) is 6.06. The molecule has 0 aliphatic heterocycles. The Kier molecular flexibility index (Phi) is 7.58. The largest absolute Gasteiger partial charge is 0.493 e. The SMILES string of the molecule is COc1cc(CNc2ccc(C)c(Cl)c2)cc(Br)c1OCc1ccc(Cl)c(Cl)c1. The third kappa shape index (κ3) is 5.73. The normalized spacial score (nSPS) is 10.7. The molecule has 0 bridgehead atoms. The lowest BCUT2D eigenvalue weighted by Gasteiger charge is -2.15. The Hall–Kier alpha value is -1.59. The van der Waals surface area contributed by atoms with E-state index in [0.29, 0.717) is 34.7 Å². The minimum absolute atomic E-state index is 0.339. The topological polar surface area (TPSA) is 30.5 Å². The summed E-state index contributed by atoms with van der Waals surface area (Å²) in [6.07, 6.45) is 0. The van der Waals surface area contributed by atoms with Gasteiger partial charge in [-0.3, -0.25) is 0 Å². The Morgan fingerprint density at radius 1 is 0.897 bits per heavy atom. The standard InChI is InChI=1S/C22H19BrCl3NO2/c1-13-3-5-16(10-19(13)25)27-11-15-7-17(23)22(21(9-15)28-2)29-12-14-4-6-18(24)20(26)8-14/h3-10,27H,11-12H2,1-2H3. The molecule has 0 amide bonds. The summed E-state index contributed by atoms with van der Waals surface area (Å²) in [5.74, 6) is 1.26. The smallest absolute Gasteiger partial charge is 0.175 e. The van der Waals surface area contributed by atoms with Crippen molar-refractivity contribution < 1.29 is 9.47 Å². The molecule has 3 aromatic carbocycles. The molecule has 0 aliphatic carbocycles. The van der Waals surface area contributed by atoms with Crippen LogP contribution in [0, 0.1) is 6.92 Å². The summed E-state index contributed by atoms with van der Waals surface area (Å²) < 4.78 is 12.3. The summed E-state index contributed by atoms with van der Waals surface area (Å²) in [7, 11) is 1.62. The molecule has 0 aliphatic rings. The molecule has 152 valence electrons. The van der Waals surface area contributed by atoms with Gasteiger partial charge in [-0.15, -0.1) is 0 Å². The Morgan fingerprint density at radius 2 is 1.69 bits per heavy atom. The van der Waals surface area contributed by atoms with E-state index in [1.165, 1.54) is 0 Å². The molecule has 0 unspecified atom stereocenters. The number of methoxy groups -OCH3 is 1. The highest BCUT2D eigenvalue weighted by atomic mass is 79.9. The molecule has 3 aromatic rings. The molecular weight excluding hydrogens is 497 g/mol. The van der Waals surface area contributed by atoms with E-state index in [-0.39, 0.29) is 0 Å². The van der Waals surface area contributed by atoms with Crippen molar-refractivity contribution in [3.63, 3.8) is 0 Å². The predicted octanol–water partition coefficient (Wildman–Crippen LogP) is 7.92. The number of aryl methyl sites for hydroxylation is 1. The van der Waals surface area contributed by atoms with Crippen LogP contribution in [0.25, 0.3) is 0 Å². The van der Waals surface area contributed by atoms with Gasteiger partial charge in [-0.1, -0.05) is 46.9 Å². The van der Waals surface area contributed by atoms with Gasteiger partial charge in [0.05, 0.1) is 21.6 Å². The Balaban J connectivity index is 1.72. The van der Waals surface area contributed by atoms with E-state index in [2.05, 4.69) is 21.2 Å². The summed E-state index contributed by atoms with van der Waals surface area (Å²) in [4.78, 5) is 0. The van der Waals surface area contributed by atoms with Gasteiger partial charge in [-0.05, 0) is 75.9 Å². The van der Waals surface area contributed by atoms with Crippen LogP contribution in [0.1, 0.15) is 16.7 Å². The number of ether oxygens (including phenoxy) is 2. The lowest BCUT2D eigenvalue weighted by molar-refractivity contribution is 0.282. The average Bonchev–Trinajstić information content (AvgIpc) is 2.70. The molecule has 0 saturated carbocycles. The van der Waals surface area contributed by atoms with Gasteiger partial charge >= 0.3 is 0 Å². The molecule has 0 spiro atoms. The Bertz CT molecular complexity index is 1030. The van der Waals surface area contributed by atoms with Gasteiger partial charge in [0.2, 0.25) is 0 Å². The first kappa shape index (κ1) is 22.1. The molecule has 0 saturated heterocycles. The number of benzene rings is 3. The summed E-state index contributed by atoms with van der Waals surface area (Å²) >= 11 is 21.8. The maximum Gasteiger partial charge on any atom is 0.175 e. The third-order valence-electron chi connectivity index (χ3n) is 4.32. The summed E-state index contributed by atoms with van der Waals surface area (Å²) in [5.41, 5.74) is 3.95. The molecule has 0 heterocycles. The van der Waals surface area contributed by atoms with Crippen molar-refractivity contribution in [3.8, 4) is 11.5 Å². The van der Waals surface area contributed by atoms with Gasteiger partial charge in [0.15, 0.2) is 11.5 Å². The number of hydrogen-bond donors (Lipinski definition) is 1. The number of rotatable bonds is 7. The molecule has 3 nitrogen and oxygen atoms in total. The van der Waals surface area contributed by atoms with E-state index in [9.17, 15) is 0 Å². The highest BCUT2D eigenvalue weighted by Crippen LogP contribution is 2.37. The van der Waals surface area contributed by atoms with Crippen LogP contribution < -0.4 is 14.8 Å². The van der Waals surface area contributed by atoms with Gasteiger partial charge in [-0.2, -0.15) is 0 Å². The van der Waals surface area contributed by atoms with Gasteiger partial charge in [0, 0.05) is 17.3 Å². The van der Waals surface area contributed by atoms with Gasteiger partial charge < -0.3 is 14.8 Å². The van der Waals surface area contributed by atoms with Crippen LogP contribution in [0.5, 0.6) is 11.5 Å². The van der Waals surface area contributed by atoms with Crippen LogP contribution in [0.2, 0.25) is 15.1 Å². The molecule has 0 radical (unpaired) electrons. The fourth-order valence-corrected chi connectivity index (χ4v) is 3.81. The molecule has 1 N–H and O–H groups in total. The summed E-state index contributed by atoms with van der Waals surface area (Å²) in [5, 5.41) is 5.11. The maximum absolute atomic E-state index is 6.19. The molecule has 0 fully saturated rings. The molecule has 0 atom stereocenters. The van der Waals surface area contributed by atoms with E-state index < -0.39 is 0 Å². The predicted molar refractivity (Wildman–Crippen MR) is 125 cm³/mol. The van der Waals surface area contributed by atoms with Crippen molar-refractivity contribution in [2.75, 3.05) is 12.4 Å². The van der Waals surface area contributed by atoms with Crippen LogP contribution in [0.3, 0.4) is 0 Å². The van der Waals surface area contributed by atoms with E-state index >= 15 is 0 Å². The minimum Gasteiger partial charge on any atom is -0.493 e. The Morgan fingerprint density at radius 3 is 2.38 bits per heavy atom. The Labute approximate surface area is 194 Å². The second-order valence-electron chi connectivity index (χ2n) is 6.46. The van der Waals surface area contributed by atoms with Crippen molar-refractivity contribution in [1.29, 1.82) is 0 Å². The van der Waals surface area contributed by atoms with E-state index in [0.717, 1.165) is 31.9 Å². The fraction of sp³-hybridized carbons (Fsp3) is 0.182. The summed E-state index contributed by atoms with van der Waals surface area (Å²) in [6, 6.07) is 15.3. The monoisotopic (exact) mass is 513 g/mol. The second kappa shape index (κ2) is 9.94. The molecule has 29 heavy (non-hydrogen) atoms. The van der Waals surface area contributed by atoms with Crippen molar-refractivity contribution in [1.82, 2.24) is 0 Å². The molecule has 3 rings (SSSR count). The lowest BCUT2D eigenvalue weighted by Crippen LogP contribution is -2.03. The quantitative estimate of drug-likeness (QED) is 0.347. The van der Waals surface area contributed by atoms with Crippen molar-refractivity contribution in [2.24, 2.45) is 0 Å². The highest BCUT2D eigenvalue weighted by molar-refractivity contribution is 9.10. The average molecular weight is 516 g/mol. The highest BCUT2D eigenvalue weighted by Gasteiger charge is 2.13. The van der Waals surface area contributed by atoms with Crippen LogP contribution in [0.15, 0.2) is 53.0 Å². The minimum atomic E-state index is 0.339. The number of anilines is 1. The zero-order valence-electron chi connectivity index (χ0n) is 15.9. The van der Waals surface area contributed by atoms with Crippen molar-refractivity contribution in [3.05, 3.63) is 84.8 Å². The van der Waals surface area contributed by atoms with Crippen LogP contribution in [-0.2, 0) is 13.2 Å². The first-order chi connectivity index (χ1) is 13.9. The van der Waals surface area contributed by atoms with Gasteiger partial charge in [0.1, 0.15) is 6.61 Å². The van der Waals surface area contributed by atoms with E-state index in [1.807, 2.05) is 43.3 Å². The molecule has 0 aromatic heterocycles. The van der Waals surface area contributed by atoms with Gasteiger partial charge in [0.25, 0.3) is 0 Å². The van der Waals surface area contributed by atoms with E-state index in [4.69, 9.17) is 44.3 Å². The number of halogens is 4. The van der Waals surface area contributed by atoms with Crippen LogP contribution >= 0.6 is 50.7 Å². The van der Waals surface area contributed by atoms with Crippen LogP contribution in [-0.4, -0.2) is 7.11 Å². The molecular formula is C22H19BrCl3NO2. The zero-order valence-corrected chi connectivity index (χ0v) is 19.7. The van der Waals surface area contributed by atoms with E-state index in [1.54, 1.807) is 19.2 Å². The lowest BCUT2D eigenvalue weighted by atomic mass is 10.1. The first-order valence-electron chi connectivity index (χ1n) is 8.80. The number of nitrogens with one attached hydrogen (secondary N) is 1. The van der Waals surface area contributed by atoms with Crippen molar-refractivity contribution >= 4 is 56.4 Å². The first-order valence-corrected chi connectivity index (χ1v) is 10.7. The zero-order chi connectivity index (χ0) is 21.0. The molecule has 7 heteroatoms. The van der Waals surface area contributed by atoms with Gasteiger partial charge in [-0.25, -0.2) is 0 Å². The number of hydrogen-bond acceptors (Lipinski definition) is 3. The maximum atomic E-state index is 6.19. The van der Waals surface area contributed by atoms with Crippen molar-refractivity contribution in [2.45, 2.75) is 20.1 Å². The second-order valence-corrected chi connectivity index (χ2v) is 8.54.